The lowest BCUT2D eigenvalue weighted by Crippen LogP contribution is -2.33. The molecule has 0 bridgehead atoms. The fourth-order valence-corrected chi connectivity index (χ4v) is 4.47. The number of sulfonamides is 1. The summed E-state index contributed by atoms with van der Waals surface area (Å²) in [7, 11) is -3.75. The van der Waals surface area contributed by atoms with Crippen LogP contribution in [0.2, 0.25) is 0 Å². The van der Waals surface area contributed by atoms with Gasteiger partial charge in [-0.1, -0.05) is 32.6 Å². The number of carboxylic acid groups (broad SMARTS) is 1. The summed E-state index contributed by atoms with van der Waals surface area (Å²) in [5.74, 6) is -1.21. The number of aromatic carboxylic acids is 1. The molecule has 2 N–H and O–H groups in total. The Kier molecular flexibility index (Phi) is 6.64. The van der Waals surface area contributed by atoms with Gasteiger partial charge in [-0.3, -0.25) is 0 Å². The first-order valence-electron chi connectivity index (χ1n) is 6.71. The lowest BCUT2D eigenvalue weighted by molar-refractivity contribution is 0.0698. The van der Waals surface area contributed by atoms with E-state index in [9.17, 15) is 13.2 Å². The molecule has 0 spiro atoms. The Labute approximate surface area is 124 Å². The normalized spacial score (nSPS) is 13.3. The summed E-state index contributed by atoms with van der Waals surface area (Å²) in [5, 5.41) is 10.4. The van der Waals surface area contributed by atoms with E-state index in [1.165, 1.54) is 11.4 Å². The molecule has 5 nitrogen and oxygen atoms in total. The Balaban J connectivity index is 2.65. The first kappa shape index (κ1) is 17.1. The molecule has 7 heteroatoms. The first-order chi connectivity index (χ1) is 9.38. The fourth-order valence-electron chi connectivity index (χ4n) is 1.93. The lowest BCUT2D eigenvalue weighted by atomic mass is 10.1. The van der Waals surface area contributed by atoms with Gasteiger partial charge in [-0.15, -0.1) is 11.3 Å². The van der Waals surface area contributed by atoms with E-state index in [1.807, 2.05) is 0 Å². The van der Waals surface area contributed by atoms with Crippen LogP contribution in [0.15, 0.2) is 16.3 Å². The molecule has 1 unspecified atom stereocenters. The summed E-state index contributed by atoms with van der Waals surface area (Å²) >= 11 is 0.917. The average Bonchev–Trinajstić information content (AvgIpc) is 2.84. The minimum Gasteiger partial charge on any atom is -0.477 e. The number of carbonyl (C=O) groups is 1. The lowest BCUT2D eigenvalue weighted by Gasteiger charge is -2.13. The maximum absolute atomic E-state index is 12.2. The number of hydrogen-bond acceptors (Lipinski definition) is 4. The van der Waals surface area contributed by atoms with Crippen LogP contribution in [0, 0.1) is 0 Å². The average molecular weight is 319 g/mol. The molecular weight excluding hydrogens is 298 g/mol. The van der Waals surface area contributed by atoms with Gasteiger partial charge in [0.1, 0.15) is 9.77 Å². The summed E-state index contributed by atoms with van der Waals surface area (Å²) in [6.07, 6.45) is 5.09. The van der Waals surface area contributed by atoms with Gasteiger partial charge in [0.15, 0.2) is 0 Å². The number of hydrogen-bond donors (Lipinski definition) is 2. The smallest absolute Gasteiger partial charge is 0.347 e. The molecule has 1 atom stereocenters. The number of thiophene rings is 1. The number of carboxylic acids is 1. The minimum atomic E-state index is -3.75. The van der Waals surface area contributed by atoms with E-state index in [-0.39, 0.29) is 15.8 Å². The zero-order chi connectivity index (χ0) is 15.2. The summed E-state index contributed by atoms with van der Waals surface area (Å²) in [6.45, 7) is 3.92. The van der Waals surface area contributed by atoms with Crippen LogP contribution in [0.1, 0.15) is 55.6 Å². The van der Waals surface area contributed by atoms with Gasteiger partial charge in [0.25, 0.3) is 0 Å². The van der Waals surface area contributed by atoms with Crippen molar-refractivity contribution in [3.05, 3.63) is 16.3 Å². The van der Waals surface area contributed by atoms with Crippen molar-refractivity contribution < 1.29 is 18.3 Å². The van der Waals surface area contributed by atoms with Crippen LogP contribution in [0.5, 0.6) is 0 Å². The topological polar surface area (TPSA) is 83.5 Å². The third-order valence-corrected chi connectivity index (χ3v) is 5.62. The summed E-state index contributed by atoms with van der Waals surface area (Å²) in [4.78, 5) is 10.7. The quantitative estimate of drug-likeness (QED) is 0.685. The number of nitrogens with one attached hydrogen (secondary N) is 1. The summed E-state index contributed by atoms with van der Waals surface area (Å²) < 4.78 is 26.8. The molecule has 1 heterocycles. The second-order valence-corrected chi connectivity index (χ2v) is 7.39. The van der Waals surface area contributed by atoms with E-state index in [0.29, 0.717) is 0 Å². The van der Waals surface area contributed by atoms with Gasteiger partial charge in [0.2, 0.25) is 10.0 Å². The van der Waals surface area contributed by atoms with Crippen molar-refractivity contribution >= 4 is 27.3 Å². The molecule has 0 saturated carbocycles. The van der Waals surface area contributed by atoms with Gasteiger partial charge < -0.3 is 5.11 Å². The monoisotopic (exact) mass is 319 g/mol. The predicted octanol–water partition coefficient (Wildman–Crippen LogP) is 3.08. The van der Waals surface area contributed by atoms with Crippen LogP contribution in [0.3, 0.4) is 0 Å². The van der Waals surface area contributed by atoms with E-state index in [1.54, 1.807) is 6.92 Å². The van der Waals surface area contributed by atoms with E-state index >= 15 is 0 Å². The Morgan fingerprint density at radius 3 is 2.70 bits per heavy atom. The van der Waals surface area contributed by atoms with Crippen molar-refractivity contribution in [1.82, 2.24) is 4.72 Å². The maximum atomic E-state index is 12.2. The fraction of sp³-hybridized carbons (Fsp3) is 0.615. The zero-order valence-electron chi connectivity index (χ0n) is 11.8. The second kappa shape index (κ2) is 7.75. The second-order valence-electron chi connectivity index (χ2n) is 4.79. The van der Waals surface area contributed by atoms with E-state index in [4.69, 9.17) is 5.11 Å². The third-order valence-electron chi connectivity index (χ3n) is 2.96. The molecule has 0 amide bonds. The van der Waals surface area contributed by atoms with E-state index in [2.05, 4.69) is 11.6 Å². The molecule has 0 aliphatic rings. The highest BCUT2D eigenvalue weighted by atomic mass is 32.2. The van der Waals surface area contributed by atoms with Crippen LogP contribution in [0.25, 0.3) is 0 Å². The molecule has 1 aromatic rings. The van der Waals surface area contributed by atoms with Crippen molar-refractivity contribution in [3.63, 3.8) is 0 Å². The van der Waals surface area contributed by atoms with E-state index < -0.39 is 16.0 Å². The van der Waals surface area contributed by atoms with Crippen molar-refractivity contribution in [3.8, 4) is 0 Å². The van der Waals surface area contributed by atoms with Crippen molar-refractivity contribution in [2.45, 2.75) is 56.9 Å². The molecule has 1 rings (SSSR count). The van der Waals surface area contributed by atoms with Crippen molar-refractivity contribution in [1.29, 1.82) is 0 Å². The van der Waals surface area contributed by atoms with Crippen LogP contribution in [-0.4, -0.2) is 25.5 Å². The standard InChI is InChI=1S/C13H21NO4S2/c1-3-4-5-6-7-10(2)14-20(17,18)11-8-9-19-12(11)13(15)16/h8-10,14H,3-7H2,1-2H3,(H,15,16). The molecule has 114 valence electrons. The van der Waals surface area contributed by atoms with Gasteiger partial charge in [-0.05, 0) is 24.8 Å². The zero-order valence-corrected chi connectivity index (χ0v) is 13.4. The van der Waals surface area contributed by atoms with Gasteiger partial charge in [0.05, 0.1) is 0 Å². The highest BCUT2D eigenvalue weighted by Crippen LogP contribution is 2.22. The molecule has 20 heavy (non-hydrogen) atoms. The SMILES string of the molecule is CCCCCCC(C)NS(=O)(=O)c1ccsc1C(=O)O. The molecule has 0 aliphatic heterocycles. The van der Waals surface area contributed by atoms with Crippen LogP contribution in [0.4, 0.5) is 0 Å². The van der Waals surface area contributed by atoms with Crippen LogP contribution >= 0.6 is 11.3 Å². The Hall–Kier alpha value is -0.920. The number of unbranched alkanes of at least 4 members (excludes halogenated alkanes) is 3. The summed E-state index contributed by atoms with van der Waals surface area (Å²) in [5.41, 5.74) is 0. The highest BCUT2D eigenvalue weighted by molar-refractivity contribution is 7.89. The predicted molar refractivity (Wildman–Crippen MR) is 79.8 cm³/mol. The van der Waals surface area contributed by atoms with Crippen molar-refractivity contribution in [2.24, 2.45) is 0 Å². The minimum absolute atomic E-state index is 0.143. The molecule has 0 radical (unpaired) electrons. The van der Waals surface area contributed by atoms with Gasteiger partial charge >= 0.3 is 5.97 Å². The Bertz CT molecular complexity index is 536. The Morgan fingerprint density at radius 2 is 2.10 bits per heavy atom. The van der Waals surface area contributed by atoms with Crippen LogP contribution < -0.4 is 4.72 Å². The molecule has 0 aromatic carbocycles. The largest absolute Gasteiger partial charge is 0.477 e. The highest BCUT2D eigenvalue weighted by Gasteiger charge is 2.24. The number of rotatable bonds is 9. The van der Waals surface area contributed by atoms with E-state index in [0.717, 1.165) is 43.4 Å². The molecule has 0 aliphatic carbocycles. The molecule has 0 fully saturated rings. The molecular formula is C13H21NO4S2. The third kappa shape index (κ3) is 4.88. The molecule has 0 saturated heterocycles. The molecule has 1 aromatic heterocycles. The van der Waals surface area contributed by atoms with Gasteiger partial charge in [0, 0.05) is 6.04 Å². The van der Waals surface area contributed by atoms with Gasteiger partial charge in [-0.25, -0.2) is 17.9 Å². The van der Waals surface area contributed by atoms with Gasteiger partial charge in [-0.2, -0.15) is 0 Å². The Morgan fingerprint density at radius 1 is 1.40 bits per heavy atom. The van der Waals surface area contributed by atoms with Crippen molar-refractivity contribution in [2.75, 3.05) is 0 Å². The van der Waals surface area contributed by atoms with Crippen LogP contribution in [-0.2, 0) is 10.0 Å². The maximum Gasteiger partial charge on any atom is 0.347 e. The first-order valence-corrected chi connectivity index (χ1v) is 9.08. The summed E-state index contributed by atoms with van der Waals surface area (Å²) in [6, 6.07) is 1.14.